The molecule has 10 heteroatoms. The van der Waals surface area contributed by atoms with Crippen LogP contribution in [0.15, 0.2) is 12.2 Å². The molecule has 0 rings (SSSR count). The first-order chi connectivity index (χ1) is 19.0. The second-order valence-corrected chi connectivity index (χ2v) is 12.8. The van der Waals surface area contributed by atoms with E-state index in [1.54, 1.807) is 6.92 Å². The fraction of sp³-hybridized carbons (Fsp3) is 0.867. The van der Waals surface area contributed by atoms with Crippen molar-refractivity contribution < 1.29 is 42.1 Å². The average molecular weight is 592 g/mol. The van der Waals surface area contributed by atoms with E-state index >= 15 is 0 Å². The zero-order valence-corrected chi connectivity index (χ0v) is 26.9. The Labute approximate surface area is 244 Å². The molecule has 0 heterocycles. The summed E-state index contributed by atoms with van der Waals surface area (Å²) >= 11 is 0. The van der Waals surface area contributed by atoms with Gasteiger partial charge in [-0.3, -0.25) is 14.2 Å². The largest absolute Gasteiger partial charge is 0.756 e. The summed E-state index contributed by atoms with van der Waals surface area (Å²) in [5.41, 5.74) is 0. The third-order valence-electron chi connectivity index (χ3n) is 6.34. The third-order valence-corrected chi connectivity index (χ3v) is 7.30. The third kappa shape index (κ3) is 26.9. The van der Waals surface area contributed by atoms with Crippen molar-refractivity contribution in [1.82, 2.24) is 0 Å². The fourth-order valence-electron chi connectivity index (χ4n) is 3.80. The number of unbranched alkanes of at least 4 members (excludes halogenated alkanes) is 12. The zero-order chi connectivity index (χ0) is 30.1. The second-order valence-electron chi connectivity index (χ2n) is 11.4. The van der Waals surface area contributed by atoms with Gasteiger partial charge in [0, 0.05) is 12.8 Å². The van der Waals surface area contributed by atoms with Crippen LogP contribution in [0, 0.1) is 0 Å². The standard InChI is InChI=1S/C30H58NO8P/c1-6-8-9-10-11-12-13-14-15-16-17-18-19-20-21-22-23-30(33)39-28(26-36-29(32)7-2)27-38-40(34,35)37-25-24-31(3,4)5/h15-16,28H,6-14,17-27H2,1-5H3/b16-15-. The Bertz CT molecular complexity index is 723. The van der Waals surface area contributed by atoms with Gasteiger partial charge in [0.25, 0.3) is 7.82 Å². The van der Waals surface area contributed by atoms with Crippen LogP contribution in [-0.4, -0.2) is 70.0 Å². The number of rotatable bonds is 27. The second kappa shape index (κ2) is 24.4. The predicted octanol–water partition coefficient (Wildman–Crippen LogP) is 6.49. The molecule has 0 bridgehead atoms. The first-order valence-electron chi connectivity index (χ1n) is 15.4. The summed E-state index contributed by atoms with van der Waals surface area (Å²) < 4.78 is 32.8. The van der Waals surface area contributed by atoms with Crippen LogP contribution in [0.2, 0.25) is 0 Å². The molecule has 0 aromatic heterocycles. The number of hydrogen-bond donors (Lipinski definition) is 0. The maximum atomic E-state index is 12.3. The highest BCUT2D eigenvalue weighted by atomic mass is 31.2. The lowest BCUT2D eigenvalue weighted by atomic mass is 10.1. The predicted molar refractivity (Wildman–Crippen MR) is 158 cm³/mol. The SMILES string of the molecule is CCCCCCCCC/C=C\CCCCCCCC(=O)OC(COC(=O)CC)COP(=O)([O-])OCC[N+](C)(C)C. The van der Waals surface area contributed by atoms with Crippen LogP contribution in [0.5, 0.6) is 0 Å². The molecule has 0 spiro atoms. The molecule has 0 N–H and O–H groups in total. The lowest BCUT2D eigenvalue weighted by Gasteiger charge is -2.28. The minimum absolute atomic E-state index is 0.0326. The molecule has 0 aliphatic rings. The normalized spacial score (nSPS) is 14.2. The van der Waals surface area contributed by atoms with Crippen LogP contribution in [0.4, 0.5) is 0 Å². The van der Waals surface area contributed by atoms with Gasteiger partial charge in [0.05, 0.1) is 27.7 Å². The van der Waals surface area contributed by atoms with Crippen molar-refractivity contribution in [3.05, 3.63) is 12.2 Å². The van der Waals surface area contributed by atoms with Crippen molar-refractivity contribution in [3.63, 3.8) is 0 Å². The number of phosphoric acid groups is 1. The molecule has 236 valence electrons. The Morgan fingerprint density at radius 3 is 1.88 bits per heavy atom. The number of nitrogens with zero attached hydrogens (tertiary/aromatic N) is 1. The number of allylic oxidation sites excluding steroid dienone is 2. The molecule has 0 saturated heterocycles. The Kier molecular flexibility index (Phi) is 23.6. The van der Waals surface area contributed by atoms with E-state index in [4.69, 9.17) is 18.5 Å². The number of esters is 2. The van der Waals surface area contributed by atoms with E-state index in [1.807, 2.05) is 21.1 Å². The average Bonchev–Trinajstić information content (AvgIpc) is 2.88. The zero-order valence-electron chi connectivity index (χ0n) is 26.0. The number of hydrogen-bond acceptors (Lipinski definition) is 8. The molecule has 0 fully saturated rings. The van der Waals surface area contributed by atoms with Gasteiger partial charge < -0.3 is 27.9 Å². The Hall–Kier alpha value is -1.25. The van der Waals surface area contributed by atoms with Gasteiger partial charge in [-0.05, 0) is 32.1 Å². The quantitative estimate of drug-likeness (QED) is 0.0351. The maximum Gasteiger partial charge on any atom is 0.306 e. The minimum atomic E-state index is -4.58. The highest BCUT2D eigenvalue weighted by molar-refractivity contribution is 7.45. The van der Waals surface area contributed by atoms with E-state index in [0.717, 1.165) is 32.1 Å². The topological polar surface area (TPSA) is 111 Å². The van der Waals surface area contributed by atoms with Crippen molar-refractivity contribution in [3.8, 4) is 0 Å². The van der Waals surface area contributed by atoms with Crippen LogP contribution in [0.3, 0.4) is 0 Å². The molecule has 9 nitrogen and oxygen atoms in total. The fourth-order valence-corrected chi connectivity index (χ4v) is 4.53. The molecule has 0 aliphatic heterocycles. The first-order valence-corrected chi connectivity index (χ1v) is 16.9. The number of phosphoric ester groups is 1. The monoisotopic (exact) mass is 591 g/mol. The van der Waals surface area contributed by atoms with E-state index in [9.17, 15) is 19.0 Å². The Morgan fingerprint density at radius 1 is 0.775 bits per heavy atom. The lowest BCUT2D eigenvalue weighted by molar-refractivity contribution is -0.870. The molecule has 0 aromatic rings. The van der Waals surface area contributed by atoms with Gasteiger partial charge in [0.2, 0.25) is 0 Å². The maximum absolute atomic E-state index is 12.3. The summed E-state index contributed by atoms with van der Waals surface area (Å²) in [6.07, 6.45) is 20.5. The first kappa shape index (κ1) is 38.8. The molecule has 0 saturated carbocycles. The van der Waals surface area contributed by atoms with Crippen LogP contribution in [-0.2, 0) is 32.7 Å². The molecule has 0 aliphatic carbocycles. The van der Waals surface area contributed by atoms with Crippen molar-refractivity contribution in [2.24, 2.45) is 0 Å². The smallest absolute Gasteiger partial charge is 0.306 e. The van der Waals surface area contributed by atoms with Gasteiger partial charge in [0.1, 0.15) is 19.8 Å². The van der Waals surface area contributed by atoms with E-state index in [2.05, 4.69) is 19.1 Å². The number of ether oxygens (including phenoxy) is 2. The summed E-state index contributed by atoms with van der Waals surface area (Å²) in [5.74, 6) is -0.945. The van der Waals surface area contributed by atoms with E-state index in [0.29, 0.717) is 17.4 Å². The number of quaternary nitrogens is 1. The van der Waals surface area contributed by atoms with Gasteiger partial charge in [-0.2, -0.15) is 0 Å². The Balaban J connectivity index is 4.11. The molecule has 0 aromatic carbocycles. The summed E-state index contributed by atoms with van der Waals surface area (Å²) in [5, 5.41) is 0. The van der Waals surface area contributed by atoms with E-state index in [1.165, 1.54) is 51.4 Å². The van der Waals surface area contributed by atoms with Gasteiger partial charge in [-0.25, -0.2) is 0 Å². The van der Waals surface area contributed by atoms with Gasteiger partial charge in [-0.15, -0.1) is 0 Å². The van der Waals surface area contributed by atoms with Crippen LogP contribution in [0.1, 0.15) is 117 Å². The van der Waals surface area contributed by atoms with E-state index in [-0.39, 0.29) is 26.1 Å². The van der Waals surface area contributed by atoms with Crippen LogP contribution >= 0.6 is 7.82 Å². The van der Waals surface area contributed by atoms with Crippen LogP contribution in [0.25, 0.3) is 0 Å². The van der Waals surface area contributed by atoms with Crippen LogP contribution < -0.4 is 4.89 Å². The summed E-state index contributed by atoms with van der Waals surface area (Å²) in [4.78, 5) is 35.9. The molecule has 2 atom stereocenters. The summed E-state index contributed by atoms with van der Waals surface area (Å²) in [6, 6.07) is 0. The minimum Gasteiger partial charge on any atom is -0.756 e. The molecule has 2 unspecified atom stereocenters. The van der Waals surface area contributed by atoms with Crippen molar-refractivity contribution >= 4 is 19.8 Å². The van der Waals surface area contributed by atoms with Gasteiger partial charge in [-0.1, -0.05) is 83.8 Å². The van der Waals surface area contributed by atoms with Crippen molar-refractivity contribution in [2.45, 2.75) is 123 Å². The molecular formula is C30H58NO8P. The molecular weight excluding hydrogens is 533 g/mol. The summed E-state index contributed by atoms with van der Waals surface area (Å²) in [7, 11) is 1.15. The highest BCUT2D eigenvalue weighted by Crippen LogP contribution is 2.38. The van der Waals surface area contributed by atoms with Crippen molar-refractivity contribution in [2.75, 3.05) is 47.5 Å². The number of carbonyl (C=O) groups excluding carboxylic acids is 2. The highest BCUT2D eigenvalue weighted by Gasteiger charge is 2.21. The van der Waals surface area contributed by atoms with Gasteiger partial charge >= 0.3 is 11.9 Å². The van der Waals surface area contributed by atoms with Gasteiger partial charge in [0.15, 0.2) is 6.10 Å². The van der Waals surface area contributed by atoms with Crippen molar-refractivity contribution in [1.29, 1.82) is 0 Å². The number of likely N-dealkylation sites (N-methyl/N-ethyl adjacent to an activating group) is 1. The molecule has 0 amide bonds. The summed E-state index contributed by atoms with van der Waals surface area (Å²) in [6.45, 7) is 3.58. The molecule has 0 radical (unpaired) electrons. The lowest BCUT2D eigenvalue weighted by Crippen LogP contribution is -2.37. The Morgan fingerprint density at radius 2 is 1.32 bits per heavy atom. The van der Waals surface area contributed by atoms with E-state index < -0.39 is 32.5 Å². The molecule has 40 heavy (non-hydrogen) atoms. The number of carbonyl (C=O) groups is 2.